The Labute approximate surface area is 148 Å². The molecule has 0 aliphatic heterocycles. The number of nitro groups is 1. The Balaban J connectivity index is 1.90. The van der Waals surface area contributed by atoms with Crippen LogP contribution in [0.1, 0.15) is 5.56 Å². The van der Waals surface area contributed by atoms with Crippen LogP contribution >= 0.6 is 11.6 Å². The van der Waals surface area contributed by atoms with Crippen molar-refractivity contribution in [2.75, 3.05) is 13.7 Å². The summed E-state index contributed by atoms with van der Waals surface area (Å²) in [6, 6.07) is 10.8. The van der Waals surface area contributed by atoms with Crippen molar-refractivity contribution in [2.45, 2.75) is 0 Å². The van der Waals surface area contributed by atoms with Crippen LogP contribution in [0.4, 0.5) is 5.69 Å². The molecule has 0 saturated carbocycles. The smallest absolute Gasteiger partial charge is 0.310 e. The maximum Gasteiger partial charge on any atom is 0.310 e. The first-order valence-corrected chi connectivity index (χ1v) is 7.40. The molecule has 9 heteroatoms. The number of para-hydroxylation sites is 2. The Morgan fingerprint density at radius 1 is 1.32 bits per heavy atom. The Bertz CT molecular complexity index is 810. The monoisotopic (exact) mass is 363 g/mol. The second kappa shape index (κ2) is 8.65. The van der Waals surface area contributed by atoms with Crippen LogP contribution < -0.4 is 14.9 Å². The number of carbonyl (C=O) groups is 1. The molecule has 0 aromatic heterocycles. The summed E-state index contributed by atoms with van der Waals surface area (Å²) in [5, 5.41) is 15.1. The zero-order chi connectivity index (χ0) is 18.2. The van der Waals surface area contributed by atoms with Crippen LogP contribution in [0.25, 0.3) is 0 Å². The number of hydrogen-bond donors (Lipinski definition) is 1. The van der Waals surface area contributed by atoms with Gasteiger partial charge in [-0.1, -0.05) is 29.8 Å². The minimum Gasteiger partial charge on any atom is -0.495 e. The second-order valence-corrected chi connectivity index (χ2v) is 5.11. The Hall–Kier alpha value is -3.13. The number of hydrazone groups is 1. The molecular weight excluding hydrogens is 350 g/mol. The minimum absolute atomic E-state index is 0.00840. The zero-order valence-corrected chi connectivity index (χ0v) is 13.9. The number of methoxy groups -OCH3 is 1. The average molecular weight is 364 g/mol. The van der Waals surface area contributed by atoms with Gasteiger partial charge < -0.3 is 9.47 Å². The summed E-state index contributed by atoms with van der Waals surface area (Å²) in [6.45, 7) is -0.411. The third kappa shape index (κ3) is 5.18. The van der Waals surface area contributed by atoms with Crippen LogP contribution in [-0.4, -0.2) is 30.8 Å². The fraction of sp³-hybridized carbons (Fsp3) is 0.125. The van der Waals surface area contributed by atoms with Gasteiger partial charge in [0.1, 0.15) is 5.75 Å². The fourth-order valence-electron chi connectivity index (χ4n) is 1.84. The Morgan fingerprint density at radius 3 is 2.80 bits per heavy atom. The number of halogens is 1. The number of benzene rings is 2. The summed E-state index contributed by atoms with van der Waals surface area (Å²) in [6.07, 6.45) is 1.40. The average Bonchev–Trinajstić information content (AvgIpc) is 2.61. The summed E-state index contributed by atoms with van der Waals surface area (Å²) in [4.78, 5) is 22.0. The van der Waals surface area contributed by atoms with E-state index in [1.807, 2.05) is 0 Å². The molecule has 25 heavy (non-hydrogen) atoms. The van der Waals surface area contributed by atoms with Crippen molar-refractivity contribution in [2.24, 2.45) is 5.10 Å². The molecule has 0 fully saturated rings. The van der Waals surface area contributed by atoms with Crippen molar-refractivity contribution in [1.29, 1.82) is 0 Å². The maximum atomic E-state index is 11.7. The van der Waals surface area contributed by atoms with E-state index in [0.29, 0.717) is 16.3 Å². The lowest BCUT2D eigenvalue weighted by atomic mass is 10.2. The molecule has 0 unspecified atom stereocenters. The van der Waals surface area contributed by atoms with Crippen LogP contribution in [0.5, 0.6) is 11.5 Å². The summed E-state index contributed by atoms with van der Waals surface area (Å²) in [7, 11) is 1.49. The van der Waals surface area contributed by atoms with Gasteiger partial charge in [-0.3, -0.25) is 14.9 Å². The normalized spacial score (nSPS) is 10.5. The number of amides is 1. The summed E-state index contributed by atoms with van der Waals surface area (Å²) >= 11 is 5.91. The van der Waals surface area contributed by atoms with Gasteiger partial charge in [0.05, 0.1) is 23.3 Å². The predicted molar refractivity (Wildman–Crippen MR) is 92.3 cm³/mol. The molecule has 130 valence electrons. The van der Waals surface area contributed by atoms with Gasteiger partial charge in [-0.2, -0.15) is 5.10 Å². The van der Waals surface area contributed by atoms with E-state index >= 15 is 0 Å². The van der Waals surface area contributed by atoms with E-state index < -0.39 is 17.4 Å². The van der Waals surface area contributed by atoms with E-state index in [9.17, 15) is 14.9 Å². The topological polar surface area (TPSA) is 103 Å². The number of ether oxygens (including phenoxy) is 2. The summed E-state index contributed by atoms with van der Waals surface area (Å²) in [5.74, 6) is -0.0685. The third-order valence-corrected chi connectivity index (χ3v) is 3.31. The van der Waals surface area contributed by atoms with Gasteiger partial charge >= 0.3 is 5.69 Å². The number of hydrogen-bond acceptors (Lipinski definition) is 6. The molecular formula is C16H14ClN3O5. The highest BCUT2D eigenvalue weighted by Gasteiger charge is 2.14. The van der Waals surface area contributed by atoms with Crippen molar-refractivity contribution in [3.8, 4) is 11.5 Å². The van der Waals surface area contributed by atoms with Crippen molar-refractivity contribution in [3.05, 3.63) is 63.2 Å². The van der Waals surface area contributed by atoms with Crippen LogP contribution in [-0.2, 0) is 4.79 Å². The first-order chi connectivity index (χ1) is 12.0. The lowest BCUT2D eigenvalue weighted by Crippen LogP contribution is -2.24. The molecule has 2 aromatic rings. The highest BCUT2D eigenvalue weighted by Crippen LogP contribution is 2.25. The molecule has 0 aliphatic rings. The molecule has 1 N–H and O–H groups in total. The summed E-state index contributed by atoms with van der Waals surface area (Å²) in [5.41, 5.74) is 2.72. The van der Waals surface area contributed by atoms with Crippen molar-refractivity contribution < 1.29 is 19.2 Å². The van der Waals surface area contributed by atoms with Gasteiger partial charge in [-0.25, -0.2) is 5.43 Å². The molecule has 0 heterocycles. The first-order valence-electron chi connectivity index (χ1n) is 7.03. The van der Waals surface area contributed by atoms with Crippen molar-refractivity contribution >= 4 is 29.4 Å². The van der Waals surface area contributed by atoms with Crippen LogP contribution in [0.15, 0.2) is 47.6 Å². The largest absolute Gasteiger partial charge is 0.495 e. The van der Waals surface area contributed by atoms with E-state index in [1.165, 1.54) is 31.5 Å². The van der Waals surface area contributed by atoms with Gasteiger partial charge in [0.25, 0.3) is 5.91 Å². The molecule has 1 amide bonds. The molecule has 0 atom stereocenters. The molecule has 2 aromatic carbocycles. The van der Waals surface area contributed by atoms with Crippen LogP contribution in [0.3, 0.4) is 0 Å². The van der Waals surface area contributed by atoms with Gasteiger partial charge in [0.15, 0.2) is 12.4 Å². The van der Waals surface area contributed by atoms with E-state index in [1.54, 1.807) is 24.3 Å². The van der Waals surface area contributed by atoms with E-state index in [4.69, 9.17) is 21.1 Å². The maximum absolute atomic E-state index is 11.7. The fourth-order valence-corrected chi connectivity index (χ4v) is 2.04. The highest BCUT2D eigenvalue weighted by atomic mass is 35.5. The minimum atomic E-state index is -0.584. The highest BCUT2D eigenvalue weighted by molar-refractivity contribution is 6.32. The lowest BCUT2D eigenvalue weighted by molar-refractivity contribution is -0.385. The SMILES string of the molecule is COc1cc(C=NNC(=O)COc2ccccc2[N+](=O)[O-])ccc1Cl. The van der Waals surface area contributed by atoms with Crippen molar-refractivity contribution in [3.63, 3.8) is 0 Å². The van der Waals surface area contributed by atoms with Crippen LogP contribution in [0.2, 0.25) is 5.02 Å². The van der Waals surface area contributed by atoms with Crippen LogP contribution in [0, 0.1) is 10.1 Å². The standard InChI is InChI=1S/C16H14ClN3O5/c1-24-15-8-11(6-7-12(15)17)9-18-19-16(21)10-25-14-5-3-2-4-13(14)20(22)23/h2-9H,10H2,1H3,(H,19,21). The molecule has 0 aliphatic carbocycles. The molecule has 2 rings (SSSR count). The lowest BCUT2D eigenvalue weighted by Gasteiger charge is -2.05. The van der Waals surface area contributed by atoms with Gasteiger partial charge in [0.2, 0.25) is 0 Å². The zero-order valence-electron chi connectivity index (χ0n) is 13.1. The predicted octanol–water partition coefficient (Wildman–Crippen LogP) is 2.79. The number of carbonyl (C=O) groups excluding carboxylic acids is 1. The first kappa shape index (κ1) is 18.2. The van der Waals surface area contributed by atoms with Gasteiger partial charge in [-0.15, -0.1) is 0 Å². The number of nitrogens with zero attached hydrogens (tertiary/aromatic N) is 2. The summed E-state index contributed by atoms with van der Waals surface area (Å²) < 4.78 is 10.2. The number of rotatable bonds is 7. The second-order valence-electron chi connectivity index (χ2n) is 4.70. The number of nitrogens with one attached hydrogen (secondary N) is 1. The van der Waals surface area contributed by atoms with E-state index in [0.717, 1.165) is 0 Å². The van der Waals surface area contributed by atoms with Gasteiger partial charge in [-0.05, 0) is 23.8 Å². The molecule has 0 bridgehead atoms. The third-order valence-electron chi connectivity index (χ3n) is 3.00. The molecule has 0 radical (unpaired) electrons. The molecule has 0 saturated heterocycles. The van der Waals surface area contributed by atoms with E-state index in [2.05, 4.69) is 10.5 Å². The van der Waals surface area contributed by atoms with E-state index in [-0.39, 0.29) is 11.4 Å². The molecule has 0 spiro atoms. The number of nitro benzene ring substituents is 1. The van der Waals surface area contributed by atoms with Gasteiger partial charge in [0, 0.05) is 6.07 Å². The quantitative estimate of drug-likeness (QED) is 0.463. The Kier molecular flexibility index (Phi) is 6.30. The molecule has 8 nitrogen and oxygen atoms in total. The Morgan fingerprint density at radius 2 is 2.08 bits per heavy atom. The van der Waals surface area contributed by atoms with Crippen molar-refractivity contribution in [1.82, 2.24) is 5.43 Å².